The highest BCUT2D eigenvalue weighted by atomic mass is 35.5. The number of aromatic amines is 1. The molecule has 62 heavy (non-hydrogen) atoms. The van der Waals surface area contributed by atoms with Crippen LogP contribution in [0, 0.1) is 17.3 Å². The molecule has 18 heteroatoms. The van der Waals surface area contributed by atoms with Crippen LogP contribution in [0.4, 0.5) is 29.5 Å². The maximum atomic E-state index is 13.8. The molecule has 0 unspecified atom stereocenters. The van der Waals surface area contributed by atoms with Crippen LogP contribution in [-0.2, 0) is 14.3 Å². The van der Waals surface area contributed by atoms with E-state index in [2.05, 4.69) is 49.1 Å². The van der Waals surface area contributed by atoms with Crippen molar-refractivity contribution >= 4 is 46.9 Å². The monoisotopic (exact) mass is 878 g/mol. The van der Waals surface area contributed by atoms with Crippen molar-refractivity contribution in [2.75, 3.05) is 43.5 Å². The molecule has 2 aliphatic heterocycles. The van der Waals surface area contributed by atoms with Gasteiger partial charge in [0.15, 0.2) is 0 Å². The molecule has 4 heterocycles. The molecule has 0 bridgehead atoms. The number of nitrogens with zero attached hydrogens (tertiary/aromatic N) is 5. The van der Waals surface area contributed by atoms with Crippen molar-refractivity contribution in [2.24, 2.45) is 17.3 Å². The second-order valence-corrected chi connectivity index (χ2v) is 17.5. The average molecular weight is 879 g/mol. The summed E-state index contributed by atoms with van der Waals surface area (Å²) >= 11 is 6.59. The minimum atomic E-state index is -5.06. The summed E-state index contributed by atoms with van der Waals surface area (Å²) in [5.74, 6) is -0.212. The number of rotatable bonds is 11. The van der Waals surface area contributed by atoms with Gasteiger partial charge in [0.1, 0.15) is 23.4 Å². The zero-order valence-electron chi connectivity index (χ0n) is 35.3. The van der Waals surface area contributed by atoms with Crippen LogP contribution in [0.25, 0.3) is 22.4 Å². The van der Waals surface area contributed by atoms with E-state index in [4.69, 9.17) is 16.3 Å². The maximum absolute atomic E-state index is 13.8. The minimum Gasteiger partial charge on any atom is -0.453 e. The van der Waals surface area contributed by atoms with Crippen molar-refractivity contribution in [1.29, 1.82) is 0 Å². The molecule has 7 rings (SSSR count). The van der Waals surface area contributed by atoms with Gasteiger partial charge in [0.2, 0.25) is 11.8 Å². The first-order chi connectivity index (χ1) is 29.3. The topological polar surface area (TPSA) is 162 Å². The van der Waals surface area contributed by atoms with E-state index in [0.29, 0.717) is 61.1 Å². The van der Waals surface area contributed by atoms with E-state index in [0.717, 1.165) is 18.9 Å². The number of imidazole rings is 1. The fourth-order valence-corrected chi connectivity index (χ4v) is 8.46. The van der Waals surface area contributed by atoms with Crippen LogP contribution in [0.15, 0.2) is 60.9 Å². The Morgan fingerprint density at radius 2 is 1.69 bits per heavy atom. The van der Waals surface area contributed by atoms with E-state index in [-0.39, 0.29) is 63.0 Å². The Hall–Kier alpha value is -5.84. The standard InChI is InChI=1S/C44H50ClF3N8O6/c1-24(2)37(53-42(60)61-6)41(59)56-15-7-8-34(56)38-50-22-33(51-38)27-11-9-26(10-12-27)29-18-31(45)32(19-35(29)62-44(46,47)48)52-39(57)28-13-14-36(49-21-28)55-17-16-54(23-25(55)3)40(58)30-20-43(30,4)5/h9-14,18-19,21-22,24-25,30,34,37H,7-8,15-17,20,23H2,1-6H3,(H,50,51)(H,52,57)(H,53,60)/t25-,30-,34+,37+/m1/s1. The van der Waals surface area contributed by atoms with Gasteiger partial charge in [0.25, 0.3) is 5.91 Å². The number of hydrogen-bond donors (Lipinski definition) is 3. The molecule has 14 nitrogen and oxygen atoms in total. The lowest BCUT2D eigenvalue weighted by Crippen LogP contribution is -2.54. The van der Waals surface area contributed by atoms with Crippen molar-refractivity contribution in [3.8, 4) is 28.1 Å². The fourth-order valence-electron chi connectivity index (χ4n) is 8.25. The molecule has 3 fully saturated rings. The summed E-state index contributed by atoms with van der Waals surface area (Å²) in [5.41, 5.74) is 1.79. The molecular weight excluding hydrogens is 829 g/mol. The number of alkyl halides is 3. The number of amides is 4. The quantitative estimate of drug-likeness (QED) is 0.135. The Morgan fingerprint density at radius 3 is 2.31 bits per heavy atom. The normalized spacial score (nSPS) is 20.2. The number of methoxy groups -OCH3 is 1. The van der Waals surface area contributed by atoms with E-state index in [1.165, 1.54) is 19.4 Å². The summed E-state index contributed by atoms with van der Waals surface area (Å²) < 4.78 is 50.4. The molecule has 1 aliphatic carbocycles. The predicted octanol–water partition coefficient (Wildman–Crippen LogP) is 8.07. The summed E-state index contributed by atoms with van der Waals surface area (Å²) in [5, 5.41) is 5.20. The van der Waals surface area contributed by atoms with Gasteiger partial charge in [0.05, 0.1) is 41.3 Å². The van der Waals surface area contributed by atoms with Crippen LogP contribution >= 0.6 is 11.6 Å². The highest BCUT2D eigenvalue weighted by Crippen LogP contribution is 2.52. The lowest BCUT2D eigenvalue weighted by Gasteiger charge is -2.40. The first kappa shape index (κ1) is 44.2. The van der Waals surface area contributed by atoms with Crippen LogP contribution < -0.4 is 20.3 Å². The maximum Gasteiger partial charge on any atom is 0.573 e. The number of nitrogens with one attached hydrogen (secondary N) is 3. The number of aromatic nitrogens is 3. The van der Waals surface area contributed by atoms with Gasteiger partial charge in [-0.05, 0) is 66.8 Å². The number of halogens is 4. The van der Waals surface area contributed by atoms with Crippen LogP contribution in [0.5, 0.6) is 5.75 Å². The highest BCUT2D eigenvalue weighted by Gasteiger charge is 2.52. The second-order valence-electron chi connectivity index (χ2n) is 17.1. The number of ether oxygens (including phenoxy) is 2. The molecule has 1 saturated carbocycles. The van der Waals surface area contributed by atoms with E-state index < -0.39 is 30.2 Å². The number of H-pyrrole nitrogens is 1. The highest BCUT2D eigenvalue weighted by molar-refractivity contribution is 6.34. The largest absolute Gasteiger partial charge is 0.573 e. The number of anilines is 2. The van der Waals surface area contributed by atoms with Crippen LogP contribution in [-0.4, -0.2) is 100 Å². The van der Waals surface area contributed by atoms with Gasteiger partial charge in [-0.2, -0.15) is 0 Å². The van der Waals surface area contributed by atoms with Gasteiger partial charge < -0.3 is 39.8 Å². The van der Waals surface area contributed by atoms with Crippen molar-refractivity contribution in [1.82, 2.24) is 30.1 Å². The number of likely N-dealkylation sites (tertiary alicyclic amines) is 1. The Bertz CT molecular complexity index is 2320. The van der Waals surface area contributed by atoms with Gasteiger partial charge in [-0.25, -0.2) is 14.8 Å². The van der Waals surface area contributed by atoms with Crippen LogP contribution in [0.2, 0.25) is 5.02 Å². The number of carbonyl (C=O) groups excluding carboxylic acids is 4. The molecule has 3 aliphatic rings. The third kappa shape index (κ3) is 9.62. The number of pyridine rings is 1. The third-order valence-electron chi connectivity index (χ3n) is 11.9. The number of benzene rings is 2. The van der Waals surface area contributed by atoms with E-state index in [1.54, 1.807) is 47.5 Å². The number of alkyl carbamates (subject to hydrolysis) is 1. The number of hydrogen-bond acceptors (Lipinski definition) is 9. The molecule has 0 radical (unpaired) electrons. The van der Waals surface area contributed by atoms with Gasteiger partial charge in [-0.15, -0.1) is 13.2 Å². The summed E-state index contributed by atoms with van der Waals surface area (Å²) in [6.07, 6.45) is -0.450. The Kier molecular flexibility index (Phi) is 12.5. The average Bonchev–Trinajstić information content (AvgIpc) is 3.57. The second kappa shape index (κ2) is 17.5. The molecule has 330 valence electrons. The van der Waals surface area contributed by atoms with Crippen LogP contribution in [0.3, 0.4) is 0 Å². The van der Waals surface area contributed by atoms with Gasteiger partial charge in [-0.1, -0.05) is 63.6 Å². The van der Waals surface area contributed by atoms with Crippen molar-refractivity contribution in [2.45, 2.75) is 78.4 Å². The summed E-state index contributed by atoms with van der Waals surface area (Å²) in [6.45, 7) is 12.1. The smallest absolute Gasteiger partial charge is 0.453 e. The van der Waals surface area contributed by atoms with Gasteiger partial charge >= 0.3 is 12.5 Å². The van der Waals surface area contributed by atoms with E-state index >= 15 is 0 Å². The molecule has 4 amide bonds. The zero-order valence-corrected chi connectivity index (χ0v) is 36.1. The molecule has 2 aromatic heterocycles. The van der Waals surface area contributed by atoms with Gasteiger partial charge in [-0.3, -0.25) is 14.4 Å². The van der Waals surface area contributed by atoms with Crippen molar-refractivity contribution < 1.29 is 41.8 Å². The molecule has 3 N–H and O–H groups in total. The summed E-state index contributed by atoms with van der Waals surface area (Å²) in [4.78, 5) is 69.9. The molecule has 2 saturated heterocycles. The predicted molar refractivity (Wildman–Crippen MR) is 226 cm³/mol. The fraction of sp³-hybridized carbons (Fsp3) is 0.455. The van der Waals surface area contributed by atoms with Crippen LogP contribution in [0.1, 0.15) is 76.1 Å². The third-order valence-corrected chi connectivity index (χ3v) is 12.3. The lowest BCUT2D eigenvalue weighted by atomic mass is 10.0. The molecule has 2 aromatic carbocycles. The Labute approximate surface area is 362 Å². The lowest BCUT2D eigenvalue weighted by molar-refractivity contribution is -0.274. The molecule has 0 spiro atoms. The van der Waals surface area contributed by atoms with Crippen molar-refractivity contribution in [3.05, 3.63) is 77.3 Å². The SMILES string of the molecule is COC(=O)N[C@H](C(=O)N1CCC[C@H]1c1ncc(-c2ccc(-c3cc(Cl)c(NC(=O)c4ccc(N5CCN(C(=O)[C@H]6CC6(C)C)C[C@H]5C)nc4)cc3OC(F)(F)F)cc2)[nH]1)C(C)C. The zero-order chi connectivity index (χ0) is 44.7. The Morgan fingerprint density at radius 1 is 0.984 bits per heavy atom. The van der Waals surface area contributed by atoms with E-state index in [1.807, 2.05) is 25.7 Å². The summed E-state index contributed by atoms with van der Waals surface area (Å²) in [7, 11) is 1.24. The molecular formula is C44H50ClF3N8O6. The van der Waals surface area contributed by atoms with E-state index in [9.17, 15) is 32.3 Å². The molecule has 4 atom stereocenters. The first-order valence-electron chi connectivity index (χ1n) is 20.6. The van der Waals surface area contributed by atoms with Gasteiger partial charge in [0, 0.05) is 56.0 Å². The first-order valence-corrected chi connectivity index (χ1v) is 20.9. The minimum absolute atomic E-state index is 0.00451. The Balaban J connectivity index is 1.03. The number of piperazine rings is 1. The summed E-state index contributed by atoms with van der Waals surface area (Å²) in [6, 6.07) is 11.1. The molecule has 4 aromatic rings. The number of carbonyl (C=O) groups is 4. The van der Waals surface area contributed by atoms with Crippen molar-refractivity contribution in [3.63, 3.8) is 0 Å².